The molecule has 0 bridgehead atoms. The maximum absolute atomic E-state index is 13.4. The molecule has 0 radical (unpaired) electrons. The van der Waals surface area contributed by atoms with Gasteiger partial charge in [-0.15, -0.1) is 0 Å². The summed E-state index contributed by atoms with van der Waals surface area (Å²) >= 11 is 0. The summed E-state index contributed by atoms with van der Waals surface area (Å²) in [5.41, 5.74) is 6.67. The predicted molar refractivity (Wildman–Crippen MR) is 67.2 cm³/mol. The van der Waals surface area contributed by atoms with Crippen LogP contribution in [0, 0.1) is 18.7 Å². The Morgan fingerprint density at radius 2 is 2.24 bits per heavy atom. The van der Waals surface area contributed by atoms with Gasteiger partial charge in [0.15, 0.2) is 0 Å². The summed E-state index contributed by atoms with van der Waals surface area (Å²) in [6.45, 7) is 4.31. The van der Waals surface area contributed by atoms with Gasteiger partial charge < -0.3 is 11.1 Å². The SMILES string of the molecule is CCC(CN)CC(=O)Nc1cc(C)ccc1F. The predicted octanol–water partition coefficient (Wildman–Crippen LogP) is 2.45. The molecule has 0 saturated carbocycles. The van der Waals surface area contributed by atoms with Gasteiger partial charge >= 0.3 is 0 Å². The molecule has 0 fully saturated rings. The van der Waals surface area contributed by atoms with E-state index in [0.29, 0.717) is 13.0 Å². The average Bonchev–Trinajstić information content (AvgIpc) is 2.31. The number of amides is 1. The van der Waals surface area contributed by atoms with Gasteiger partial charge in [-0.1, -0.05) is 19.4 Å². The van der Waals surface area contributed by atoms with E-state index in [9.17, 15) is 9.18 Å². The molecule has 0 aromatic heterocycles. The molecule has 3 nitrogen and oxygen atoms in total. The molecule has 0 aliphatic rings. The van der Waals surface area contributed by atoms with Crippen LogP contribution in [0.2, 0.25) is 0 Å². The highest BCUT2D eigenvalue weighted by atomic mass is 19.1. The minimum absolute atomic E-state index is 0.155. The second-order valence-corrected chi connectivity index (χ2v) is 4.25. The molecule has 0 saturated heterocycles. The summed E-state index contributed by atoms with van der Waals surface area (Å²) in [4.78, 5) is 11.7. The van der Waals surface area contributed by atoms with Crippen LogP contribution in [0.15, 0.2) is 18.2 Å². The van der Waals surface area contributed by atoms with E-state index in [4.69, 9.17) is 5.73 Å². The largest absolute Gasteiger partial charge is 0.330 e. The van der Waals surface area contributed by atoms with E-state index in [1.54, 1.807) is 12.1 Å². The summed E-state index contributed by atoms with van der Waals surface area (Å²) in [5.74, 6) is -0.445. The monoisotopic (exact) mass is 238 g/mol. The highest BCUT2D eigenvalue weighted by Gasteiger charge is 2.12. The number of aryl methyl sites for hydroxylation is 1. The van der Waals surface area contributed by atoms with Gasteiger partial charge in [-0.25, -0.2) is 4.39 Å². The Kier molecular flexibility index (Phi) is 5.10. The smallest absolute Gasteiger partial charge is 0.224 e. The number of rotatable bonds is 5. The molecule has 0 aliphatic carbocycles. The van der Waals surface area contributed by atoms with Crippen LogP contribution in [-0.2, 0) is 4.79 Å². The zero-order valence-corrected chi connectivity index (χ0v) is 10.3. The molecule has 94 valence electrons. The zero-order chi connectivity index (χ0) is 12.8. The van der Waals surface area contributed by atoms with Crippen LogP contribution >= 0.6 is 0 Å². The topological polar surface area (TPSA) is 55.1 Å². The van der Waals surface area contributed by atoms with Gasteiger partial charge in [0.25, 0.3) is 0 Å². The van der Waals surface area contributed by atoms with E-state index in [-0.39, 0.29) is 17.5 Å². The number of nitrogens with two attached hydrogens (primary N) is 1. The third kappa shape index (κ3) is 4.15. The first-order valence-corrected chi connectivity index (χ1v) is 5.82. The van der Waals surface area contributed by atoms with Crippen LogP contribution in [0.4, 0.5) is 10.1 Å². The molecule has 1 aromatic carbocycles. The maximum Gasteiger partial charge on any atom is 0.224 e. The van der Waals surface area contributed by atoms with Crippen LogP contribution in [0.3, 0.4) is 0 Å². The van der Waals surface area contributed by atoms with Gasteiger partial charge in [-0.2, -0.15) is 0 Å². The lowest BCUT2D eigenvalue weighted by atomic mass is 10.0. The van der Waals surface area contributed by atoms with Crippen molar-refractivity contribution in [3.05, 3.63) is 29.6 Å². The van der Waals surface area contributed by atoms with Crippen molar-refractivity contribution in [3.63, 3.8) is 0 Å². The molecule has 1 aromatic rings. The minimum Gasteiger partial charge on any atom is -0.330 e. The van der Waals surface area contributed by atoms with Crippen LogP contribution in [0.25, 0.3) is 0 Å². The Labute approximate surface area is 101 Å². The molecular weight excluding hydrogens is 219 g/mol. The third-order valence-corrected chi connectivity index (χ3v) is 2.78. The molecule has 1 rings (SSSR count). The first-order chi connectivity index (χ1) is 8.06. The van der Waals surface area contributed by atoms with Crippen molar-refractivity contribution in [3.8, 4) is 0 Å². The molecule has 1 unspecified atom stereocenters. The van der Waals surface area contributed by atoms with E-state index >= 15 is 0 Å². The lowest BCUT2D eigenvalue weighted by molar-refractivity contribution is -0.117. The summed E-state index contributed by atoms with van der Waals surface area (Å²) in [6, 6.07) is 4.64. The number of hydrogen-bond acceptors (Lipinski definition) is 2. The Balaban J connectivity index is 2.64. The number of carbonyl (C=O) groups excluding carboxylic acids is 1. The third-order valence-electron chi connectivity index (χ3n) is 2.78. The average molecular weight is 238 g/mol. The van der Waals surface area contributed by atoms with E-state index in [1.165, 1.54) is 6.07 Å². The highest BCUT2D eigenvalue weighted by molar-refractivity contribution is 5.91. The molecule has 1 atom stereocenters. The van der Waals surface area contributed by atoms with Crippen molar-refractivity contribution in [2.75, 3.05) is 11.9 Å². The number of anilines is 1. The number of hydrogen-bond donors (Lipinski definition) is 2. The first kappa shape index (κ1) is 13.6. The number of halogens is 1. The Morgan fingerprint density at radius 1 is 1.53 bits per heavy atom. The second-order valence-electron chi connectivity index (χ2n) is 4.25. The summed E-state index contributed by atoms with van der Waals surface area (Å²) in [7, 11) is 0. The molecule has 4 heteroatoms. The van der Waals surface area contributed by atoms with E-state index < -0.39 is 5.82 Å². The van der Waals surface area contributed by atoms with Crippen LogP contribution in [0.1, 0.15) is 25.3 Å². The molecule has 17 heavy (non-hydrogen) atoms. The Hall–Kier alpha value is -1.42. The van der Waals surface area contributed by atoms with Crippen LogP contribution in [-0.4, -0.2) is 12.5 Å². The van der Waals surface area contributed by atoms with Crippen molar-refractivity contribution < 1.29 is 9.18 Å². The fourth-order valence-electron chi connectivity index (χ4n) is 1.59. The fourth-order valence-corrected chi connectivity index (χ4v) is 1.59. The standard InChI is InChI=1S/C13H19FN2O/c1-3-10(8-15)7-13(17)16-12-6-9(2)4-5-11(12)14/h4-6,10H,3,7-8,15H2,1-2H3,(H,16,17). The quantitative estimate of drug-likeness (QED) is 0.827. The molecular formula is C13H19FN2O. The van der Waals surface area contributed by atoms with Gasteiger partial charge in [-0.3, -0.25) is 4.79 Å². The Bertz CT molecular complexity index is 389. The maximum atomic E-state index is 13.4. The molecule has 1 amide bonds. The molecule has 0 spiro atoms. The minimum atomic E-state index is -0.412. The van der Waals surface area contributed by atoms with E-state index in [1.807, 2.05) is 13.8 Å². The van der Waals surface area contributed by atoms with E-state index in [2.05, 4.69) is 5.32 Å². The van der Waals surface area contributed by atoms with Gasteiger partial charge in [0.1, 0.15) is 5.82 Å². The molecule has 0 heterocycles. The van der Waals surface area contributed by atoms with Crippen molar-refractivity contribution >= 4 is 11.6 Å². The van der Waals surface area contributed by atoms with Crippen molar-refractivity contribution in [2.24, 2.45) is 11.7 Å². The lowest BCUT2D eigenvalue weighted by Gasteiger charge is -2.12. The first-order valence-electron chi connectivity index (χ1n) is 5.82. The number of nitrogens with one attached hydrogen (secondary N) is 1. The van der Waals surface area contributed by atoms with Crippen LogP contribution < -0.4 is 11.1 Å². The summed E-state index contributed by atoms with van der Waals surface area (Å²) in [5, 5.41) is 2.58. The van der Waals surface area contributed by atoms with Gasteiger partial charge in [0, 0.05) is 6.42 Å². The molecule has 0 aliphatic heterocycles. The van der Waals surface area contributed by atoms with Crippen molar-refractivity contribution in [2.45, 2.75) is 26.7 Å². The normalized spacial score (nSPS) is 12.2. The highest BCUT2D eigenvalue weighted by Crippen LogP contribution is 2.17. The van der Waals surface area contributed by atoms with Crippen molar-refractivity contribution in [1.29, 1.82) is 0 Å². The molecule has 3 N–H and O–H groups in total. The zero-order valence-electron chi connectivity index (χ0n) is 10.3. The van der Waals surface area contributed by atoms with Crippen molar-refractivity contribution in [1.82, 2.24) is 0 Å². The van der Waals surface area contributed by atoms with Gasteiger partial charge in [0.05, 0.1) is 5.69 Å². The number of carbonyl (C=O) groups is 1. The van der Waals surface area contributed by atoms with Gasteiger partial charge in [-0.05, 0) is 37.1 Å². The number of benzene rings is 1. The van der Waals surface area contributed by atoms with E-state index in [0.717, 1.165) is 12.0 Å². The van der Waals surface area contributed by atoms with Crippen LogP contribution in [0.5, 0.6) is 0 Å². The van der Waals surface area contributed by atoms with Gasteiger partial charge in [0.2, 0.25) is 5.91 Å². The Morgan fingerprint density at radius 3 is 2.82 bits per heavy atom. The second kappa shape index (κ2) is 6.35. The summed E-state index contributed by atoms with van der Waals surface area (Å²) in [6.07, 6.45) is 1.18. The lowest BCUT2D eigenvalue weighted by Crippen LogP contribution is -2.22. The summed E-state index contributed by atoms with van der Waals surface area (Å²) < 4.78 is 13.4. The fraction of sp³-hybridized carbons (Fsp3) is 0.462.